The summed E-state index contributed by atoms with van der Waals surface area (Å²) < 4.78 is 35.2. The van der Waals surface area contributed by atoms with E-state index < -0.39 is 27.8 Å². The molecule has 0 unspecified atom stereocenters. The van der Waals surface area contributed by atoms with Crippen molar-refractivity contribution in [3.63, 3.8) is 0 Å². The number of carbonyl (C=O) groups is 1. The first-order valence-electron chi connectivity index (χ1n) is 12.1. The Bertz CT molecular complexity index is 1180. The van der Waals surface area contributed by atoms with Crippen LogP contribution in [0, 0.1) is 0 Å². The summed E-state index contributed by atoms with van der Waals surface area (Å²) in [7, 11) is -1.90. The number of likely N-dealkylation sites (N-methyl/N-ethyl adjacent to an activating group) is 1. The highest BCUT2D eigenvalue weighted by molar-refractivity contribution is 7.89. The van der Waals surface area contributed by atoms with Gasteiger partial charge in [0.1, 0.15) is 17.5 Å². The molecular weight excluding hydrogens is 466 g/mol. The molecule has 190 valence electrons. The van der Waals surface area contributed by atoms with E-state index in [1.54, 1.807) is 56.3 Å². The molecule has 2 N–H and O–H groups in total. The van der Waals surface area contributed by atoms with Gasteiger partial charge in [-0.2, -0.15) is 0 Å². The van der Waals surface area contributed by atoms with Gasteiger partial charge in [-0.3, -0.25) is 4.79 Å². The zero-order chi connectivity index (χ0) is 25.4. The lowest BCUT2D eigenvalue weighted by atomic mass is 9.86. The van der Waals surface area contributed by atoms with E-state index in [2.05, 4.69) is 9.62 Å². The van der Waals surface area contributed by atoms with Crippen molar-refractivity contribution in [3.05, 3.63) is 59.2 Å². The zero-order valence-electron chi connectivity index (χ0n) is 20.8. The number of amides is 1. The van der Waals surface area contributed by atoms with Gasteiger partial charge in [-0.15, -0.1) is 0 Å². The number of ether oxygens (including phenoxy) is 1. The molecule has 2 atom stereocenters. The molecule has 2 aromatic carbocycles. The van der Waals surface area contributed by atoms with E-state index in [4.69, 9.17) is 4.74 Å². The molecule has 0 spiro atoms. The monoisotopic (exact) mass is 501 g/mol. The summed E-state index contributed by atoms with van der Waals surface area (Å²) in [6, 6.07) is 10.8. The average molecular weight is 502 g/mol. The van der Waals surface area contributed by atoms with Crippen molar-refractivity contribution in [2.45, 2.75) is 56.3 Å². The summed E-state index contributed by atoms with van der Waals surface area (Å²) in [6.45, 7) is 8.45. The summed E-state index contributed by atoms with van der Waals surface area (Å²) in [6.07, 6.45) is 0.525. The van der Waals surface area contributed by atoms with Crippen LogP contribution in [-0.4, -0.2) is 74.2 Å². The van der Waals surface area contributed by atoms with Crippen LogP contribution in [0.25, 0.3) is 0 Å². The fourth-order valence-corrected chi connectivity index (χ4v) is 5.85. The minimum atomic E-state index is -3.94. The van der Waals surface area contributed by atoms with Gasteiger partial charge in [0.2, 0.25) is 10.0 Å². The Hall–Kier alpha value is -2.46. The van der Waals surface area contributed by atoms with Crippen molar-refractivity contribution >= 4 is 15.9 Å². The van der Waals surface area contributed by atoms with E-state index in [9.17, 15) is 18.3 Å². The number of aliphatic hydroxyl groups is 1. The van der Waals surface area contributed by atoms with Crippen LogP contribution in [0.2, 0.25) is 0 Å². The lowest BCUT2D eigenvalue weighted by Crippen LogP contribution is -2.53. The second kappa shape index (κ2) is 9.89. The quantitative estimate of drug-likeness (QED) is 0.654. The highest BCUT2D eigenvalue weighted by Crippen LogP contribution is 2.41. The minimum absolute atomic E-state index is 0.112. The number of nitrogens with zero attached hydrogens (tertiary/aromatic N) is 2. The van der Waals surface area contributed by atoms with Crippen LogP contribution in [0.4, 0.5) is 0 Å². The largest absolute Gasteiger partial charge is 0.485 e. The number of aryl methyl sites for hydroxylation is 1. The lowest BCUT2D eigenvalue weighted by molar-refractivity contribution is -0.0603. The highest BCUT2D eigenvalue weighted by atomic mass is 32.2. The number of benzene rings is 2. The number of hydrogen-bond donors (Lipinski definition) is 2. The highest BCUT2D eigenvalue weighted by Gasteiger charge is 2.45. The van der Waals surface area contributed by atoms with Crippen LogP contribution in [0.15, 0.2) is 47.4 Å². The Labute approximate surface area is 207 Å². The molecule has 0 radical (unpaired) electrons. The average Bonchev–Trinajstić information content (AvgIpc) is 3.05. The van der Waals surface area contributed by atoms with E-state index in [0.717, 1.165) is 31.5 Å². The third-order valence-electron chi connectivity index (χ3n) is 6.92. The third-order valence-corrected chi connectivity index (χ3v) is 8.38. The van der Waals surface area contributed by atoms with Crippen LogP contribution in [-0.2, 0) is 16.4 Å². The van der Waals surface area contributed by atoms with Crippen LogP contribution in [0.3, 0.4) is 0 Å². The van der Waals surface area contributed by atoms with Crippen molar-refractivity contribution < 1.29 is 23.1 Å². The van der Waals surface area contributed by atoms with E-state index in [0.29, 0.717) is 30.0 Å². The molecule has 8 nitrogen and oxygen atoms in total. The molecule has 1 saturated heterocycles. The summed E-state index contributed by atoms with van der Waals surface area (Å²) in [5.74, 6) is 0.334. The topological polar surface area (TPSA) is 99.2 Å². The number of sulfonamides is 1. The van der Waals surface area contributed by atoms with E-state index >= 15 is 0 Å². The molecule has 2 heterocycles. The SMILES string of the molecule is CCc1ccc(S(=O)(=O)N[C@@H]2c3cc(C(=O)N4CCCN(C)CC4)ccc3OC(C)(C)[C@H]2O)cc1. The summed E-state index contributed by atoms with van der Waals surface area (Å²) in [5.41, 5.74) is 0.890. The van der Waals surface area contributed by atoms with E-state index in [1.165, 1.54) is 0 Å². The summed E-state index contributed by atoms with van der Waals surface area (Å²) in [4.78, 5) is 17.4. The van der Waals surface area contributed by atoms with Gasteiger partial charge in [-0.05, 0) is 76.2 Å². The van der Waals surface area contributed by atoms with Crippen LogP contribution >= 0.6 is 0 Å². The predicted molar refractivity (Wildman–Crippen MR) is 134 cm³/mol. The first-order chi connectivity index (χ1) is 16.5. The Balaban J connectivity index is 1.67. The maximum Gasteiger partial charge on any atom is 0.253 e. The van der Waals surface area contributed by atoms with Gasteiger partial charge >= 0.3 is 0 Å². The molecule has 0 aliphatic carbocycles. The number of carbonyl (C=O) groups excluding carboxylic acids is 1. The lowest BCUT2D eigenvalue weighted by Gasteiger charge is -2.42. The van der Waals surface area contributed by atoms with Crippen molar-refractivity contribution in [2.75, 3.05) is 33.2 Å². The number of fused-ring (bicyclic) bond motifs is 1. The molecule has 0 saturated carbocycles. The fraction of sp³-hybridized carbons (Fsp3) is 0.500. The van der Waals surface area contributed by atoms with Gasteiger partial charge in [0.05, 0.1) is 10.9 Å². The first-order valence-corrected chi connectivity index (χ1v) is 13.6. The van der Waals surface area contributed by atoms with Crippen molar-refractivity contribution in [2.24, 2.45) is 0 Å². The maximum absolute atomic E-state index is 13.3. The van der Waals surface area contributed by atoms with Crippen molar-refractivity contribution in [1.82, 2.24) is 14.5 Å². The van der Waals surface area contributed by atoms with E-state index in [1.807, 2.05) is 18.9 Å². The van der Waals surface area contributed by atoms with Gasteiger partial charge in [-0.25, -0.2) is 13.1 Å². The van der Waals surface area contributed by atoms with Crippen LogP contribution < -0.4 is 9.46 Å². The molecule has 2 aromatic rings. The number of rotatable bonds is 5. The molecule has 1 fully saturated rings. The molecular formula is C26H35N3O5S. The predicted octanol–water partition coefficient (Wildman–Crippen LogP) is 2.58. The van der Waals surface area contributed by atoms with Gasteiger partial charge in [0.25, 0.3) is 5.91 Å². The van der Waals surface area contributed by atoms with E-state index in [-0.39, 0.29) is 10.8 Å². The summed E-state index contributed by atoms with van der Waals surface area (Å²) in [5, 5.41) is 11.1. The van der Waals surface area contributed by atoms with Gasteiger partial charge < -0.3 is 19.6 Å². The number of hydrogen-bond acceptors (Lipinski definition) is 6. The normalized spacial score (nSPS) is 22.7. The molecule has 1 amide bonds. The first kappa shape index (κ1) is 25.6. The molecule has 0 bridgehead atoms. The number of nitrogens with one attached hydrogen (secondary N) is 1. The summed E-state index contributed by atoms with van der Waals surface area (Å²) >= 11 is 0. The minimum Gasteiger partial charge on any atom is -0.485 e. The Morgan fingerprint density at radius 2 is 1.83 bits per heavy atom. The zero-order valence-corrected chi connectivity index (χ0v) is 21.6. The second-order valence-electron chi connectivity index (χ2n) is 9.95. The molecule has 4 rings (SSSR count). The van der Waals surface area contributed by atoms with Crippen LogP contribution in [0.1, 0.15) is 54.7 Å². The molecule has 2 aliphatic rings. The Morgan fingerprint density at radius 1 is 1.11 bits per heavy atom. The fourth-order valence-electron chi connectivity index (χ4n) is 4.63. The van der Waals surface area contributed by atoms with Crippen LogP contribution in [0.5, 0.6) is 5.75 Å². The smallest absolute Gasteiger partial charge is 0.253 e. The van der Waals surface area contributed by atoms with Gasteiger partial charge in [0.15, 0.2) is 0 Å². The molecule has 35 heavy (non-hydrogen) atoms. The van der Waals surface area contributed by atoms with Gasteiger partial charge in [0, 0.05) is 30.8 Å². The molecule has 2 aliphatic heterocycles. The van der Waals surface area contributed by atoms with Crippen molar-refractivity contribution in [1.29, 1.82) is 0 Å². The molecule has 0 aromatic heterocycles. The second-order valence-corrected chi connectivity index (χ2v) is 11.7. The number of aliphatic hydroxyl groups excluding tert-OH is 1. The van der Waals surface area contributed by atoms with Crippen molar-refractivity contribution in [3.8, 4) is 5.75 Å². The molecule has 9 heteroatoms. The third kappa shape index (κ3) is 5.38. The maximum atomic E-state index is 13.3. The standard InChI is InChI=1S/C26H35N3O5S/c1-5-18-7-10-20(11-8-18)35(32,33)27-23-21-17-19(9-12-22(21)34-26(2,3)24(23)30)25(31)29-14-6-13-28(4)15-16-29/h7-12,17,23-24,27,30H,5-6,13-16H2,1-4H3/t23-,24+/m1/s1. The Morgan fingerprint density at radius 3 is 2.51 bits per heavy atom. The Kier molecular flexibility index (Phi) is 7.24. The van der Waals surface area contributed by atoms with Gasteiger partial charge in [-0.1, -0.05) is 19.1 Å².